The fourth-order valence-corrected chi connectivity index (χ4v) is 3.74. The minimum atomic E-state index is -0.981. The van der Waals surface area contributed by atoms with Gasteiger partial charge in [0.05, 0.1) is 12.1 Å². The van der Waals surface area contributed by atoms with Crippen molar-refractivity contribution in [3.05, 3.63) is 70.3 Å². The first-order valence-corrected chi connectivity index (χ1v) is 9.88. The zero-order valence-corrected chi connectivity index (χ0v) is 17.0. The number of Topliss-reactive ketones (excluding diaryl/α,β-unsaturated/α-hetero) is 1. The van der Waals surface area contributed by atoms with Gasteiger partial charge in [-0.25, -0.2) is 8.78 Å². The number of halogens is 2. The Morgan fingerprint density at radius 2 is 1.67 bits per heavy atom. The minimum Gasteiger partial charge on any atom is -0.343 e. The molecule has 7 heteroatoms. The first kappa shape index (κ1) is 21.6. The molecule has 1 aliphatic heterocycles. The standard InChI is InChI=1S/C23H24F2N2O3/c1-14-3-5-18(15(2)11-14)22(29)16-7-9-27(10-8-16)21(28)13-26-23(30)19-6-4-17(24)12-20(19)25/h3-6,11-12,16H,7-10,13H2,1-2H3,(H,26,30). The monoisotopic (exact) mass is 414 g/mol. The molecule has 3 rings (SSSR count). The second kappa shape index (κ2) is 9.15. The van der Waals surface area contributed by atoms with E-state index in [2.05, 4.69) is 5.32 Å². The van der Waals surface area contributed by atoms with Crippen molar-refractivity contribution in [3.8, 4) is 0 Å². The lowest BCUT2D eigenvalue weighted by atomic mass is 9.87. The van der Waals surface area contributed by atoms with Crippen molar-refractivity contribution < 1.29 is 23.2 Å². The molecule has 1 heterocycles. The summed E-state index contributed by atoms with van der Waals surface area (Å²) in [6, 6.07) is 8.40. The number of hydrogen-bond acceptors (Lipinski definition) is 3. The smallest absolute Gasteiger partial charge is 0.254 e. The molecule has 2 amide bonds. The van der Waals surface area contributed by atoms with Gasteiger partial charge in [0.2, 0.25) is 5.91 Å². The van der Waals surface area contributed by atoms with Crippen LogP contribution in [0.15, 0.2) is 36.4 Å². The van der Waals surface area contributed by atoms with Crippen LogP contribution in [0.2, 0.25) is 0 Å². The molecule has 0 aromatic heterocycles. The van der Waals surface area contributed by atoms with Crippen LogP contribution in [0.5, 0.6) is 0 Å². The SMILES string of the molecule is Cc1ccc(C(=O)C2CCN(C(=O)CNC(=O)c3ccc(F)cc3F)CC2)c(C)c1. The van der Waals surface area contributed by atoms with Crippen molar-refractivity contribution >= 4 is 17.6 Å². The summed E-state index contributed by atoms with van der Waals surface area (Å²) in [7, 11) is 0. The predicted molar refractivity (Wildman–Crippen MR) is 108 cm³/mol. The maximum Gasteiger partial charge on any atom is 0.254 e. The molecular weight excluding hydrogens is 390 g/mol. The van der Waals surface area contributed by atoms with Gasteiger partial charge in [-0.3, -0.25) is 14.4 Å². The number of piperidine rings is 1. The number of nitrogens with one attached hydrogen (secondary N) is 1. The van der Waals surface area contributed by atoms with Crippen LogP contribution in [0.1, 0.15) is 44.7 Å². The van der Waals surface area contributed by atoms with E-state index < -0.39 is 17.5 Å². The summed E-state index contributed by atoms with van der Waals surface area (Å²) in [5.74, 6) is -2.88. The molecule has 1 N–H and O–H groups in total. The number of carbonyl (C=O) groups is 3. The third-order valence-corrected chi connectivity index (χ3v) is 5.44. The summed E-state index contributed by atoms with van der Waals surface area (Å²) >= 11 is 0. The minimum absolute atomic E-state index is 0.0969. The number of likely N-dealkylation sites (tertiary alicyclic amines) is 1. The molecule has 30 heavy (non-hydrogen) atoms. The van der Waals surface area contributed by atoms with Crippen LogP contribution in [-0.4, -0.2) is 42.1 Å². The van der Waals surface area contributed by atoms with Gasteiger partial charge >= 0.3 is 0 Å². The summed E-state index contributed by atoms with van der Waals surface area (Å²) in [4.78, 5) is 38.8. The Bertz CT molecular complexity index is 982. The van der Waals surface area contributed by atoms with Gasteiger partial charge in [0.25, 0.3) is 5.91 Å². The Labute approximate surface area is 174 Å². The third kappa shape index (κ3) is 4.90. The first-order valence-electron chi connectivity index (χ1n) is 9.88. The zero-order chi connectivity index (χ0) is 21.8. The van der Waals surface area contributed by atoms with Crippen molar-refractivity contribution in [2.24, 2.45) is 5.92 Å². The second-order valence-electron chi connectivity index (χ2n) is 7.64. The van der Waals surface area contributed by atoms with Crippen LogP contribution < -0.4 is 5.32 Å². The molecular formula is C23H24F2N2O3. The molecule has 1 aliphatic rings. The number of rotatable bonds is 5. The van der Waals surface area contributed by atoms with E-state index >= 15 is 0 Å². The Kier molecular flexibility index (Phi) is 6.59. The number of ketones is 1. The molecule has 0 unspecified atom stereocenters. The molecule has 2 aromatic rings. The van der Waals surface area contributed by atoms with Gasteiger partial charge in [0, 0.05) is 30.6 Å². The van der Waals surface area contributed by atoms with Crippen LogP contribution in [-0.2, 0) is 4.79 Å². The summed E-state index contributed by atoms with van der Waals surface area (Å²) in [5.41, 5.74) is 2.46. The van der Waals surface area contributed by atoms with Crippen LogP contribution in [0.4, 0.5) is 8.78 Å². The molecule has 0 saturated carbocycles. The number of amides is 2. The molecule has 0 aliphatic carbocycles. The van der Waals surface area contributed by atoms with E-state index in [1.165, 1.54) is 0 Å². The number of carbonyl (C=O) groups excluding carboxylic acids is 3. The van der Waals surface area contributed by atoms with Gasteiger partial charge in [-0.2, -0.15) is 0 Å². The molecule has 0 atom stereocenters. The van der Waals surface area contributed by atoms with E-state index in [-0.39, 0.29) is 29.7 Å². The topological polar surface area (TPSA) is 66.5 Å². The van der Waals surface area contributed by atoms with Crippen molar-refractivity contribution in [2.45, 2.75) is 26.7 Å². The van der Waals surface area contributed by atoms with Gasteiger partial charge in [0.1, 0.15) is 11.6 Å². The maximum absolute atomic E-state index is 13.7. The predicted octanol–water partition coefficient (Wildman–Crippen LogP) is 3.43. The highest BCUT2D eigenvalue weighted by atomic mass is 19.1. The Morgan fingerprint density at radius 3 is 2.30 bits per heavy atom. The normalized spacial score (nSPS) is 14.5. The second-order valence-corrected chi connectivity index (χ2v) is 7.64. The van der Waals surface area contributed by atoms with E-state index in [1.54, 1.807) is 4.90 Å². The number of aryl methyl sites for hydroxylation is 2. The van der Waals surface area contributed by atoms with Gasteiger partial charge < -0.3 is 10.2 Å². The fraction of sp³-hybridized carbons (Fsp3) is 0.348. The van der Waals surface area contributed by atoms with E-state index in [0.717, 1.165) is 28.8 Å². The molecule has 2 aromatic carbocycles. The van der Waals surface area contributed by atoms with Crippen LogP contribution in [0.25, 0.3) is 0 Å². The van der Waals surface area contributed by atoms with E-state index in [9.17, 15) is 23.2 Å². The lowest BCUT2D eigenvalue weighted by Gasteiger charge is -2.31. The summed E-state index contributed by atoms with van der Waals surface area (Å²) in [6.45, 7) is 4.45. The highest BCUT2D eigenvalue weighted by Gasteiger charge is 2.28. The summed E-state index contributed by atoms with van der Waals surface area (Å²) in [6.07, 6.45) is 1.11. The van der Waals surface area contributed by atoms with Gasteiger partial charge in [-0.15, -0.1) is 0 Å². The van der Waals surface area contributed by atoms with Crippen LogP contribution in [0, 0.1) is 31.4 Å². The average Bonchev–Trinajstić information content (AvgIpc) is 2.71. The quantitative estimate of drug-likeness (QED) is 0.763. The lowest BCUT2D eigenvalue weighted by molar-refractivity contribution is -0.131. The molecule has 158 valence electrons. The van der Waals surface area contributed by atoms with E-state index in [0.29, 0.717) is 32.0 Å². The maximum atomic E-state index is 13.7. The van der Waals surface area contributed by atoms with E-state index in [4.69, 9.17) is 0 Å². The fourth-order valence-electron chi connectivity index (χ4n) is 3.74. The lowest BCUT2D eigenvalue weighted by Crippen LogP contribution is -2.45. The van der Waals surface area contributed by atoms with Crippen molar-refractivity contribution in [3.63, 3.8) is 0 Å². The Hall–Kier alpha value is -3.09. The molecule has 1 fully saturated rings. The molecule has 0 bridgehead atoms. The largest absolute Gasteiger partial charge is 0.343 e. The molecule has 1 saturated heterocycles. The van der Waals surface area contributed by atoms with Gasteiger partial charge in [0.15, 0.2) is 5.78 Å². The third-order valence-electron chi connectivity index (χ3n) is 5.44. The summed E-state index contributed by atoms with van der Waals surface area (Å²) in [5, 5.41) is 2.37. The summed E-state index contributed by atoms with van der Waals surface area (Å²) < 4.78 is 26.6. The van der Waals surface area contributed by atoms with Crippen LogP contribution in [0.3, 0.4) is 0 Å². The van der Waals surface area contributed by atoms with Crippen molar-refractivity contribution in [1.82, 2.24) is 10.2 Å². The number of hydrogen-bond donors (Lipinski definition) is 1. The number of benzene rings is 2. The molecule has 5 nitrogen and oxygen atoms in total. The highest BCUT2D eigenvalue weighted by Crippen LogP contribution is 2.24. The average molecular weight is 414 g/mol. The van der Waals surface area contributed by atoms with Gasteiger partial charge in [-0.1, -0.05) is 23.8 Å². The van der Waals surface area contributed by atoms with Crippen LogP contribution >= 0.6 is 0 Å². The number of nitrogens with zero attached hydrogens (tertiary/aromatic N) is 1. The Balaban J connectivity index is 1.51. The molecule has 0 radical (unpaired) electrons. The van der Waals surface area contributed by atoms with Crippen molar-refractivity contribution in [2.75, 3.05) is 19.6 Å². The molecule has 0 spiro atoms. The van der Waals surface area contributed by atoms with Gasteiger partial charge in [-0.05, 0) is 44.4 Å². The first-order chi connectivity index (χ1) is 14.3. The van der Waals surface area contributed by atoms with Crippen molar-refractivity contribution in [1.29, 1.82) is 0 Å². The highest BCUT2D eigenvalue weighted by molar-refractivity contribution is 5.99. The Morgan fingerprint density at radius 1 is 1.00 bits per heavy atom. The zero-order valence-electron chi connectivity index (χ0n) is 17.0. The van der Waals surface area contributed by atoms with E-state index in [1.807, 2.05) is 32.0 Å².